The van der Waals surface area contributed by atoms with Crippen molar-refractivity contribution in [1.29, 1.82) is 0 Å². The maximum atomic E-state index is 11.0. The van der Waals surface area contributed by atoms with Crippen molar-refractivity contribution in [2.24, 2.45) is 0 Å². The number of phenolic OH excluding ortho intramolecular Hbond substituents is 2. The zero-order valence-electron chi connectivity index (χ0n) is 17.4. The summed E-state index contributed by atoms with van der Waals surface area (Å²) in [7, 11) is 0. The summed E-state index contributed by atoms with van der Waals surface area (Å²) in [6.45, 7) is 4.38. The number of aliphatic carboxylic acids is 1. The molecule has 0 amide bonds. The molecule has 3 N–H and O–H groups in total. The molecule has 160 valence electrons. The predicted octanol–water partition coefficient (Wildman–Crippen LogP) is 4.91. The lowest BCUT2D eigenvalue weighted by Crippen LogP contribution is -2.07. The minimum absolute atomic E-state index is 0.0317. The van der Waals surface area contributed by atoms with E-state index in [-0.39, 0.29) is 30.4 Å². The molecule has 1 aliphatic rings. The van der Waals surface area contributed by atoms with Crippen molar-refractivity contribution >= 4 is 5.97 Å². The van der Waals surface area contributed by atoms with Crippen LogP contribution in [-0.4, -0.2) is 27.9 Å². The molecule has 3 aromatic rings. The van der Waals surface area contributed by atoms with E-state index in [0.29, 0.717) is 23.7 Å². The van der Waals surface area contributed by atoms with Crippen LogP contribution in [-0.2, 0) is 11.4 Å². The fraction of sp³-hybridized carbons (Fsp3) is 0.240. The molecule has 4 rings (SSSR count). The van der Waals surface area contributed by atoms with Crippen molar-refractivity contribution in [3.05, 3.63) is 70.8 Å². The van der Waals surface area contributed by atoms with Crippen LogP contribution in [0.15, 0.2) is 48.5 Å². The number of carbonyl (C=O) groups is 1. The number of aromatic hydroxyl groups is 2. The van der Waals surface area contributed by atoms with Crippen LogP contribution in [0.3, 0.4) is 0 Å². The molecule has 0 aromatic heterocycles. The largest absolute Gasteiger partial charge is 0.508 e. The highest BCUT2D eigenvalue weighted by molar-refractivity contribution is 5.73. The molecular weight excluding hydrogens is 396 g/mol. The van der Waals surface area contributed by atoms with E-state index in [4.69, 9.17) is 14.6 Å². The third kappa shape index (κ3) is 4.28. The van der Waals surface area contributed by atoms with Crippen LogP contribution in [0.2, 0.25) is 0 Å². The number of aryl methyl sites for hydroxylation is 2. The Morgan fingerprint density at radius 3 is 2.52 bits per heavy atom. The fourth-order valence-electron chi connectivity index (χ4n) is 4.14. The van der Waals surface area contributed by atoms with Crippen molar-refractivity contribution in [2.45, 2.75) is 32.8 Å². The Hall–Kier alpha value is -3.67. The van der Waals surface area contributed by atoms with E-state index in [9.17, 15) is 15.0 Å². The molecule has 6 nitrogen and oxygen atoms in total. The summed E-state index contributed by atoms with van der Waals surface area (Å²) in [6.07, 6.45) is 0.0317. The van der Waals surface area contributed by atoms with Crippen LogP contribution in [0.25, 0.3) is 11.1 Å². The van der Waals surface area contributed by atoms with Gasteiger partial charge in [-0.05, 0) is 66.4 Å². The number of phenols is 2. The average Bonchev–Trinajstić information content (AvgIpc) is 3.09. The SMILES string of the molecule is Cc1cc(O)cc(C)c1-c1ccc(O)c(COc2ccc3c(c2)OC[C@H]3CC(=O)O)c1. The summed E-state index contributed by atoms with van der Waals surface area (Å²) < 4.78 is 11.5. The van der Waals surface area contributed by atoms with E-state index in [1.54, 1.807) is 30.3 Å². The fourth-order valence-corrected chi connectivity index (χ4v) is 4.14. The smallest absolute Gasteiger partial charge is 0.304 e. The van der Waals surface area contributed by atoms with Crippen LogP contribution in [0.4, 0.5) is 0 Å². The number of hydrogen-bond acceptors (Lipinski definition) is 5. The summed E-state index contributed by atoms with van der Waals surface area (Å²) in [5.74, 6) is 0.575. The third-order valence-corrected chi connectivity index (χ3v) is 5.57. The first-order valence-electron chi connectivity index (χ1n) is 10.1. The van der Waals surface area contributed by atoms with E-state index in [1.165, 1.54) is 0 Å². The van der Waals surface area contributed by atoms with Crippen LogP contribution >= 0.6 is 0 Å². The molecule has 0 unspecified atom stereocenters. The predicted molar refractivity (Wildman–Crippen MR) is 116 cm³/mol. The maximum Gasteiger partial charge on any atom is 0.304 e. The monoisotopic (exact) mass is 420 g/mol. The molecule has 1 heterocycles. The zero-order chi connectivity index (χ0) is 22.1. The molecule has 0 saturated carbocycles. The van der Waals surface area contributed by atoms with Crippen LogP contribution in [0, 0.1) is 13.8 Å². The van der Waals surface area contributed by atoms with Crippen LogP contribution in [0.1, 0.15) is 34.6 Å². The molecular formula is C25H24O6. The van der Waals surface area contributed by atoms with Gasteiger partial charge in [-0.2, -0.15) is 0 Å². The first kappa shape index (κ1) is 20.6. The standard InChI is InChI=1S/C25H24O6/c1-14-7-19(26)8-15(2)25(14)16-3-6-22(27)18(9-16)13-30-20-4-5-21-17(10-24(28)29)12-31-23(21)11-20/h3-9,11,17,26-27H,10,12-13H2,1-2H3,(H,28,29)/t17-/m1/s1. The topological polar surface area (TPSA) is 96.2 Å². The summed E-state index contributed by atoms with van der Waals surface area (Å²) >= 11 is 0. The minimum atomic E-state index is -0.851. The molecule has 31 heavy (non-hydrogen) atoms. The van der Waals surface area contributed by atoms with Gasteiger partial charge < -0.3 is 24.8 Å². The van der Waals surface area contributed by atoms with Gasteiger partial charge in [-0.25, -0.2) is 0 Å². The van der Waals surface area contributed by atoms with E-state index < -0.39 is 5.97 Å². The quantitative estimate of drug-likeness (QED) is 0.524. The van der Waals surface area contributed by atoms with Crippen molar-refractivity contribution in [3.63, 3.8) is 0 Å². The van der Waals surface area contributed by atoms with E-state index in [1.807, 2.05) is 32.0 Å². The summed E-state index contributed by atoms with van der Waals surface area (Å²) in [6, 6.07) is 14.2. The Morgan fingerprint density at radius 1 is 1.06 bits per heavy atom. The summed E-state index contributed by atoms with van der Waals surface area (Å²) in [5.41, 5.74) is 5.34. The lowest BCUT2D eigenvalue weighted by Gasteiger charge is -2.14. The minimum Gasteiger partial charge on any atom is -0.508 e. The molecule has 1 aliphatic heterocycles. The molecule has 0 spiro atoms. The summed E-state index contributed by atoms with van der Waals surface area (Å²) in [5, 5.41) is 29.1. The van der Waals surface area contributed by atoms with Gasteiger partial charge in [-0.1, -0.05) is 12.1 Å². The third-order valence-electron chi connectivity index (χ3n) is 5.57. The Balaban J connectivity index is 1.54. The molecule has 0 aliphatic carbocycles. The first-order chi connectivity index (χ1) is 14.8. The molecule has 3 aromatic carbocycles. The second-order valence-electron chi connectivity index (χ2n) is 7.89. The van der Waals surface area contributed by atoms with E-state index >= 15 is 0 Å². The zero-order valence-corrected chi connectivity index (χ0v) is 17.4. The number of hydrogen-bond donors (Lipinski definition) is 3. The van der Waals surface area contributed by atoms with Gasteiger partial charge in [0.05, 0.1) is 13.0 Å². The van der Waals surface area contributed by atoms with Gasteiger partial charge >= 0.3 is 5.97 Å². The number of rotatable bonds is 6. The van der Waals surface area contributed by atoms with Crippen molar-refractivity contribution in [1.82, 2.24) is 0 Å². The second kappa shape index (κ2) is 8.22. The van der Waals surface area contributed by atoms with Gasteiger partial charge in [0.25, 0.3) is 0 Å². The second-order valence-corrected chi connectivity index (χ2v) is 7.89. The highest BCUT2D eigenvalue weighted by Gasteiger charge is 2.26. The molecule has 0 bridgehead atoms. The van der Waals surface area contributed by atoms with Gasteiger partial charge in [0.1, 0.15) is 29.6 Å². The Bertz CT molecular complexity index is 1130. The molecule has 0 radical (unpaired) electrons. The Morgan fingerprint density at radius 2 is 1.81 bits per heavy atom. The highest BCUT2D eigenvalue weighted by Crippen LogP contribution is 2.39. The lowest BCUT2D eigenvalue weighted by molar-refractivity contribution is -0.137. The number of fused-ring (bicyclic) bond motifs is 1. The van der Waals surface area contributed by atoms with Crippen molar-refractivity contribution in [3.8, 4) is 34.1 Å². The summed E-state index contributed by atoms with van der Waals surface area (Å²) in [4.78, 5) is 11.0. The first-order valence-corrected chi connectivity index (χ1v) is 10.1. The number of carboxylic acids is 1. The number of ether oxygens (including phenoxy) is 2. The van der Waals surface area contributed by atoms with Gasteiger partial charge in [0.15, 0.2) is 0 Å². The van der Waals surface area contributed by atoms with Gasteiger partial charge in [-0.15, -0.1) is 0 Å². The van der Waals surface area contributed by atoms with Crippen LogP contribution < -0.4 is 9.47 Å². The average molecular weight is 420 g/mol. The highest BCUT2D eigenvalue weighted by atomic mass is 16.5. The lowest BCUT2D eigenvalue weighted by atomic mass is 9.94. The van der Waals surface area contributed by atoms with Crippen molar-refractivity contribution in [2.75, 3.05) is 6.61 Å². The van der Waals surface area contributed by atoms with E-state index in [2.05, 4.69) is 0 Å². The molecule has 6 heteroatoms. The van der Waals surface area contributed by atoms with E-state index in [0.717, 1.165) is 27.8 Å². The normalized spacial score (nSPS) is 14.7. The van der Waals surface area contributed by atoms with Gasteiger partial charge in [0.2, 0.25) is 0 Å². The number of benzene rings is 3. The maximum absolute atomic E-state index is 11.0. The number of carboxylic acid groups (broad SMARTS) is 1. The Kier molecular flexibility index (Phi) is 5.46. The van der Waals surface area contributed by atoms with Crippen molar-refractivity contribution < 1.29 is 29.6 Å². The Labute approximate surface area is 180 Å². The van der Waals surface area contributed by atoms with Crippen LogP contribution in [0.5, 0.6) is 23.0 Å². The molecule has 1 atom stereocenters. The molecule has 0 fully saturated rings. The van der Waals surface area contributed by atoms with Gasteiger partial charge in [-0.3, -0.25) is 4.79 Å². The molecule has 0 saturated heterocycles. The van der Waals surface area contributed by atoms with Gasteiger partial charge in [0, 0.05) is 23.1 Å².